The van der Waals surface area contributed by atoms with Crippen molar-refractivity contribution in [2.45, 2.75) is 6.54 Å². The van der Waals surface area contributed by atoms with E-state index < -0.39 is 0 Å². The van der Waals surface area contributed by atoms with Crippen molar-refractivity contribution in [1.29, 1.82) is 0 Å². The maximum absolute atomic E-state index is 12.0. The van der Waals surface area contributed by atoms with Gasteiger partial charge in [0.1, 0.15) is 11.6 Å². The monoisotopic (exact) mass is 231 g/mol. The molecule has 17 heavy (non-hydrogen) atoms. The summed E-state index contributed by atoms with van der Waals surface area (Å²) >= 11 is 0. The number of hydrogen-bond acceptors (Lipinski definition) is 4. The van der Waals surface area contributed by atoms with Crippen LogP contribution in [0.25, 0.3) is 5.82 Å². The molecule has 0 saturated heterocycles. The van der Waals surface area contributed by atoms with Gasteiger partial charge >= 0.3 is 0 Å². The molecule has 5 heteroatoms. The minimum Gasteiger partial charge on any atom is -0.495 e. The van der Waals surface area contributed by atoms with Crippen LogP contribution < -0.4 is 16.0 Å². The highest BCUT2D eigenvalue weighted by molar-refractivity contribution is 5.30. The Labute approximate surface area is 98.5 Å². The van der Waals surface area contributed by atoms with Crippen molar-refractivity contribution in [3.8, 4) is 11.6 Å². The summed E-state index contributed by atoms with van der Waals surface area (Å²) in [6.07, 6.45) is 3.23. The van der Waals surface area contributed by atoms with Gasteiger partial charge in [-0.05, 0) is 18.2 Å². The molecule has 2 aromatic heterocycles. The van der Waals surface area contributed by atoms with Crippen LogP contribution in [-0.2, 0) is 6.54 Å². The van der Waals surface area contributed by atoms with E-state index in [9.17, 15) is 4.79 Å². The lowest BCUT2D eigenvalue weighted by atomic mass is 10.3. The quantitative estimate of drug-likeness (QED) is 0.844. The summed E-state index contributed by atoms with van der Waals surface area (Å²) in [5, 5.41) is 0. The SMILES string of the molecule is COc1ccc(-n2cccc(CN)c2=O)nc1. The van der Waals surface area contributed by atoms with Gasteiger partial charge in [0.05, 0.1) is 13.3 Å². The van der Waals surface area contributed by atoms with Gasteiger partial charge < -0.3 is 10.5 Å². The van der Waals surface area contributed by atoms with Crippen molar-refractivity contribution in [2.75, 3.05) is 7.11 Å². The van der Waals surface area contributed by atoms with E-state index in [-0.39, 0.29) is 12.1 Å². The molecular formula is C12H13N3O2. The lowest BCUT2D eigenvalue weighted by Crippen LogP contribution is -2.23. The highest BCUT2D eigenvalue weighted by Crippen LogP contribution is 2.10. The van der Waals surface area contributed by atoms with Crippen LogP contribution in [0.5, 0.6) is 5.75 Å². The van der Waals surface area contributed by atoms with Crippen LogP contribution in [0.3, 0.4) is 0 Å². The summed E-state index contributed by atoms with van der Waals surface area (Å²) in [7, 11) is 1.57. The van der Waals surface area contributed by atoms with Gasteiger partial charge in [-0.1, -0.05) is 6.07 Å². The van der Waals surface area contributed by atoms with Gasteiger partial charge in [0, 0.05) is 18.3 Å². The van der Waals surface area contributed by atoms with E-state index in [0.29, 0.717) is 17.1 Å². The van der Waals surface area contributed by atoms with E-state index in [0.717, 1.165) is 0 Å². The first-order chi connectivity index (χ1) is 8.26. The van der Waals surface area contributed by atoms with Gasteiger partial charge in [0.25, 0.3) is 5.56 Å². The zero-order valence-electron chi connectivity index (χ0n) is 9.46. The molecule has 0 saturated carbocycles. The van der Waals surface area contributed by atoms with Crippen molar-refractivity contribution >= 4 is 0 Å². The normalized spacial score (nSPS) is 10.2. The molecule has 0 aliphatic rings. The predicted octanol–water partition coefficient (Wildman–Crippen LogP) is 0.700. The predicted molar refractivity (Wildman–Crippen MR) is 64.3 cm³/mol. The number of rotatable bonds is 3. The Kier molecular flexibility index (Phi) is 3.20. The van der Waals surface area contributed by atoms with Gasteiger partial charge in [-0.25, -0.2) is 4.98 Å². The third-order valence-corrected chi connectivity index (χ3v) is 2.45. The van der Waals surface area contributed by atoms with E-state index in [1.807, 2.05) is 0 Å². The molecule has 2 rings (SSSR count). The number of methoxy groups -OCH3 is 1. The Bertz CT molecular complexity index is 561. The molecule has 0 spiro atoms. The Morgan fingerprint density at radius 1 is 1.41 bits per heavy atom. The first-order valence-corrected chi connectivity index (χ1v) is 5.17. The van der Waals surface area contributed by atoms with Crippen LogP contribution in [0, 0.1) is 0 Å². The van der Waals surface area contributed by atoms with E-state index in [4.69, 9.17) is 10.5 Å². The molecule has 5 nitrogen and oxygen atoms in total. The third-order valence-electron chi connectivity index (χ3n) is 2.45. The van der Waals surface area contributed by atoms with E-state index in [1.54, 1.807) is 43.8 Å². The Morgan fingerprint density at radius 2 is 2.24 bits per heavy atom. The topological polar surface area (TPSA) is 70.1 Å². The Morgan fingerprint density at radius 3 is 2.82 bits per heavy atom. The van der Waals surface area contributed by atoms with Gasteiger partial charge in [-0.2, -0.15) is 0 Å². The van der Waals surface area contributed by atoms with E-state index in [1.165, 1.54) is 4.57 Å². The summed E-state index contributed by atoms with van der Waals surface area (Å²) < 4.78 is 6.47. The standard InChI is InChI=1S/C12H13N3O2/c1-17-10-4-5-11(14-8-10)15-6-2-3-9(7-13)12(15)16/h2-6,8H,7,13H2,1H3. The van der Waals surface area contributed by atoms with Gasteiger partial charge in [0.15, 0.2) is 0 Å². The van der Waals surface area contributed by atoms with Crippen molar-refractivity contribution in [3.63, 3.8) is 0 Å². The highest BCUT2D eigenvalue weighted by Gasteiger charge is 2.04. The second-order valence-electron chi connectivity index (χ2n) is 3.47. The van der Waals surface area contributed by atoms with Crippen molar-refractivity contribution in [1.82, 2.24) is 9.55 Å². The third kappa shape index (κ3) is 2.19. The molecule has 0 atom stereocenters. The molecule has 0 bridgehead atoms. The van der Waals surface area contributed by atoms with Crippen molar-refractivity contribution in [3.05, 3.63) is 52.6 Å². The van der Waals surface area contributed by atoms with Gasteiger partial charge in [-0.3, -0.25) is 9.36 Å². The molecule has 2 heterocycles. The second kappa shape index (κ2) is 4.80. The maximum Gasteiger partial charge on any atom is 0.260 e. The molecule has 0 amide bonds. The lowest BCUT2D eigenvalue weighted by molar-refractivity contribution is 0.412. The molecular weight excluding hydrogens is 218 g/mol. The first-order valence-electron chi connectivity index (χ1n) is 5.17. The minimum absolute atomic E-state index is 0.146. The number of pyridine rings is 2. The fraction of sp³-hybridized carbons (Fsp3) is 0.167. The second-order valence-corrected chi connectivity index (χ2v) is 3.47. The molecule has 88 valence electrons. The summed E-state index contributed by atoms with van der Waals surface area (Å²) in [6.45, 7) is 0.218. The van der Waals surface area contributed by atoms with Gasteiger partial charge in [0.2, 0.25) is 0 Å². The molecule has 0 fully saturated rings. The Hall–Kier alpha value is -2.14. The average Bonchev–Trinajstić information content (AvgIpc) is 2.39. The number of nitrogens with two attached hydrogens (primary N) is 1. The summed E-state index contributed by atoms with van der Waals surface area (Å²) in [6, 6.07) is 6.96. The zero-order chi connectivity index (χ0) is 12.3. The molecule has 2 N–H and O–H groups in total. The molecule has 0 unspecified atom stereocenters. The van der Waals surface area contributed by atoms with Crippen LogP contribution in [0.15, 0.2) is 41.5 Å². The number of hydrogen-bond donors (Lipinski definition) is 1. The first kappa shape index (κ1) is 11.3. The summed E-state index contributed by atoms with van der Waals surface area (Å²) in [5.41, 5.74) is 5.90. The lowest BCUT2D eigenvalue weighted by Gasteiger charge is -2.06. The fourth-order valence-electron chi connectivity index (χ4n) is 1.51. The fourth-order valence-corrected chi connectivity index (χ4v) is 1.51. The molecule has 0 aliphatic carbocycles. The van der Waals surface area contributed by atoms with Crippen LogP contribution in [0.2, 0.25) is 0 Å². The molecule has 0 aromatic carbocycles. The van der Waals surface area contributed by atoms with Crippen LogP contribution in [0.1, 0.15) is 5.56 Å². The average molecular weight is 231 g/mol. The molecule has 0 radical (unpaired) electrons. The van der Waals surface area contributed by atoms with E-state index in [2.05, 4.69) is 4.98 Å². The van der Waals surface area contributed by atoms with Crippen molar-refractivity contribution < 1.29 is 4.74 Å². The van der Waals surface area contributed by atoms with Crippen LogP contribution >= 0.6 is 0 Å². The zero-order valence-corrected chi connectivity index (χ0v) is 9.46. The number of nitrogens with zero attached hydrogens (tertiary/aromatic N) is 2. The molecule has 2 aromatic rings. The summed E-state index contributed by atoms with van der Waals surface area (Å²) in [4.78, 5) is 16.1. The number of aromatic nitrogens is 2. The van der Waals surface area contributed by atoms with Gasteiger partial charge in [-0.15, -0.1) is 0 Å². The van der Waals surface area contributed by atoms with E-state index >= 15 is 0 Å². The van der Waals surface area contributed by atoms with Crippen molar-refractivity contribution in [2.24, 2.45) is 5.73 Å². The maximum atomic E-state index is 12.0. The minimum atomic E-state index is -0.146. The summed E-state index contributed by atoms with van der Waals surface area (Å²) in [5.74, 6) is 1.20. The molecule has 0 aliphatic heterocycles. The smallest absolute Gasteiger partial charge is 0.260 e. The van der Waals surface area contributed by atoms with Crippen LogP contribution in [-0.4, -0.2) is 16.7 Å². The van der Waals surface area contributed by atoms with Crippen LogP contribution in [0.4, 0.5) is 0 Å². The highest BCUT2D eigenvalue weighted by atomic mass is 16.5. The number of ether oxygens (including phenoxy) is 1. The largest absolute Gasteiger partial charge is 0.495 e. The Balaban J connectivity index is 2.49.